The Bertz CT molecular complexity index is 619. The molecule has 0 radical (unpaired) electrons. The molecule has 136 valence electrons. The molecule has 2 N–H and O–H groups in total. The van der Waals surface area contributed by atoms with Crippen molar-refractivity contribution < 1.29 is 9.59 Å². The molecule has 0 aliphatic carbocycles. The highest BCUT2D eigenvalue weighted by Gasteiger charge is 2.25. The van der Waals surface area contributed by atoms with Gasteiger partial charge >= 0.3 is 6.03 Å². The highest BCUT2D eigenvalue weighted by Crippen LogP contribution is 2.28. The summed E-state index contributed by atoms with van der Waals surface area (Å²) in [4.78, 5) is 27.8. The van der Waals surface area contributed by atoms with Gasteiger partial charge in [-0.1, -0.05) is 24.3 Å². The topological polar surface area (TPSA) is 64.7 Å². The Kier molecular flexibility index (Phi) is 5.91. The SMILES string of the molecule is Cc1ccccc1[C@H]1CCN(CCNC(=O)N2CCCNC(=O)C2)C1. The van der Waals surface area contributed by atoms with E-state index >= 15 is 0 Å². The van der Waals surface area contributed by atoms with Crippen molar-refractivity contribution in [2.75, 3.05) is 45.8 Å². The van der Waals surface area contributed by atoms with Crippen LogP contribution in [0.4, 0.5) is 4.79 Å². The van der Waals surface area contributed by atoms with Crippen molar-refractivity contribution in [1.82, 2.24) is 20.4 Å². The maximum Gasteiger partial charge on any atom is 0.317 e. The number of likely N-dealkylation sites (tertiary alicyclic amines) is 1. The molecule has 2 aliphatic rings. The van der Waals surface area contributed by atoms with Crippen LogP contribution in [-0.4, -0.2) is 67.6 Å². The second-order valence-electron chi connectivity index (χ2n) is 7.00. The van der Waals surface area contributed by atoms with Gasteiger partial charge in [-0.15, -0.1) is 0 Å². The lowest BCUT2D eigenvalue weighted by Gasteiger charge is -2.21. The first kappa shape index (κ1) is 17.7. The average Bonchev–Trinajstić information content (AvgIpc) is 2.95. The van der Waals surface area contributed by atoms with Gasteiger partial charge in [-0.3, -0.25) is 4.79 Å². The van der Waals surface area contributed by atoms with E-state index < -0.39 is 0 Å². The molecule has 2 fully saturated rings. The van der Waals surface area contributed by atoms with Crippen molar-refractivity contribution in [2.24, 2.45) is 0 Å². The molecular weight excluding hydrogens is 316 g/mol. The van der Waals surface area contributed by atoms with Crippen molar-refractivity contribution in [1.29, 1.82) is 0 Å². The molecule has 0 spiro atoms. The summed E-state index contributed by atoms with van der Waals surface area (Å²) in [5.41, 5.74) is 2.81. The second kappa shape index (κ2) is 8.34. The molecule has 25 heavy (non-hydrogen) atoms. The number of carbonyl (C=O) groups excluding carboxylic acids is 2. The van der Waals surface area contributed by atoms with Gasteiger partial charge in [-0.05, 0) is 43.4 Å². The zero-order valence-electron chi connectivity index (χ0n) is 15.0. The van der Waals surface area contributed by atoms with Crippen LogP contribution in [-0.2, 0) is 4.79 Å². The molecule has 2 saturated heterocycles. The molecule has 2 heterocycles. The predicted molar refractivity (Wildman–Crippen MR) is 97.6 cm³/mol. The summed E-state index contributed by atoms with van der Waals surface area (Å²) in [6.45, 7) is 7.21. The Hall–Kier alpha value is -2.08. The van der Waals surface area contributed by atoms with Crippen LogP contribution in [0.3, 0.4) is 0 Å². The fourth-order valence-corrected chi connectivity index (χ4v) is 3.75. The number of urea groups is 1. The van der Waals surface area contributed by atoms with Crippen molar-refractivity contribution in [2.45, 2.75) is 25.7 Å². The molecule has 3 amide bonds. The first-order valence-electron chi connectivity index (χ1n) is 9.21. The van der Waals surface area contributed by atoms with E-state index in [0.29, 0.717) is 25.6 Å². The molecule has 1 aromatic carbocycles. The van der Waals surface area contributed by atoms with E-state index in [1.165, 1.54) is 17.5 Å². The van der Waals surface area contributed by atoms with Gasteiger partial charge in [0, 0.05) is 32.7 Å². The lowest BCUT2D eigenvalue weighted by atomic mass is 9.94. The Morgan fingerprint density at radius 3 is 3.00 bits per heavy atom. The van der Waals surface area contributed by atoms with Crippen LogP contribution in [0.15, 0.2) is 24.3 Å². The number of hydrogen-bond acceptors (Lipinski definition) is 3. The van der Waals surface area contributed by atoms with E-state index in [-0.39, 0.29) is 18.5 Å². The number of nitrogens with zero attached hydrogens (tertiary/aromatic N) is 2. The lowest BCUT2D eigenvalue weighted by Crippen LogP contribution is -2.45. The van der Waals surface area contributed by atoms with Crippen LogP contribution in [0.25, 0.3) is 0 Å². The van der Waals surface area contributed by atoms with Crippen molar-refractivity contribution in [3.63, 3.8) is 0 Å². The average molecular weight is 344 g/mol. The quantitative estimate of drug-likeness (QED) is 0.866. The summed E-state index contributed by atoms with van der Waals surface area (Å²) in [6.07, 6.45) is 1.98. The molecule has 0 bridgehead atoms. The third-order valence-corrected chi connectivity index (χ3v) is 5.15. The maximum atomic E-state index is 12.2. The molecule has 1 atom stereocenters. The van der Waals surface area contributed by atoms with E-state index in [2.05, 4.69) is 46.7 Å². The van der Waals surface area contributed by atoms with Crippen LogP contribution >= 0.6 is 0 Å². The van der Waals surface area contributed by atoms with Gasteiger partial charge in [0.1, 0.15) is 6.54 Å². The highest BCUT2D eigenvalue weighted by molar-refractivity contribution is 5.84. The van der Waals surface area contributed by atoms with Crippen LogP contribution in [0.1, 0.15) is 29.9 Å². The number of hydrogen-bond donors (Lipinski definition) is 2. The van der Waals surface area contributed by atoms with E-state index in [9.17, 15) is 9.59 Å². The molecule has 1 aromatic rings. The Morgan fingerprint density at radius 2 is 2.16 bits per heavy atom. The minimum Gasteiger partial charge on any atom is -0.354 e. The number of nitrogens with one attached hydrogen (secondary N) is 2. The minimum absolute atomic E-state index is 0.0757. The van der Waals surface area contributed by atoms with Gasteiger partial charge in [0.15, 0.2) is 0 Å². The first-order chi connectivity index (χ1) is 12.1. The van der Waals surface area contributed by atoms with E-state index in [4.69, 9.17) is 0 Å². The molecule has 3 rings (SSSR count). The predicted octanol–water partition coefficient (Wildman–Crippen LogP) is 1.32. The second-order valence-corrected chi connectivity index (χ2v) is 7.00. The number of carbonyl (C=O) groups is 2. The van der Waals surface area contributed by atoms with E-state index in [0.717, 1.165) is 26.1 Å². The van der Waals surface area contributed by atoms with Gasteiger partial charge < -0.3 is 20.4 Å². The van der Waals surface area contributed by atoms with Crippen molar-refractivity contribution in [3.8, 4) is 0 Å². The minimum atomic E-state index is -0.133. The maximum absolute atomic E-state index is 12.2. The summed E-state index contributed by atoms with van der Waals surface area (Å²) in [5, 5.41) is 5.75. The highest BCUT2D eigenvalue weighted by atomic mass is 16.2. The molecule has 6 nitrogen and oxygen atoms in total. The van der Waals surface area contributed by atoms with Gasteiger partial charge in [-0.2, -0.15) is 0 Å². The van der Waals surface area contributed by atoms with E-state index in [1.54, 1.807) is 4.90 Å². The molecular formula is C19H28N4O2. The monoisotopic (exact) mass is 344 g/mol. The third-order valence-electron chi connectivity index (χ3n) is 5.15. The summed E-state index contributed by atoms with van der Waals surface area (Å²) in [7, 11) is 0. The summed E-state index contributed by atoms with van der Waals surface area (Å²) in [5.74, 6) is 0.513. The van der Waals surface area contributed by atoms with Crippen molar-refractivity contribution in [3.05, 3.63) is 35.4 Å². The third kappa shape index (κ3) is 4.72. The number of amides is 3. The van der Waals surface area contributed by atoms with Gasteiger partial charge in [0.05, 0.1) is 0 Å². The zero-order chi connectivity index (χ0) is 17.6. The number of benzene rings is 1. The molecule has 6 heteroatoms. The van der Waals surface area contributed by atoms with Crippen LogP contribution in [0.5, 0.6) is 0 Å². The Morgan fingerprint density at radius 1 is 1.32 bits per heavy atom. The van der Waals surface area contributed by atoms with Crippen LogP contribution < -0.4 is 10.6 Å². The van der Waals surface area contributed by atoms with Gasteiger partial charge in [-0.25, -0.2) is 4.79 Å². The van der Waals surface area contributed by atoms with Crippen LogP contribution in [0, 0.1) is 6.92 Å². The van der Waals surface area contributed by atoms with Gasteiger partial charge in [0.2, 0.25) is 5.91 Å². The summed E-state index contributed by atoms with van der Waals surface area (Å²) in [6, 6.07) is 8.48. The first-order valence-corrected chi connectivity index (χ1v) is 9.21. The fraction of sp³-hybridized carbons (Fsp3) is 0.579. The molecule has 2 aliphatic heterocycles. The lowest BCUT2D eigenvalue weighted by molar-refractivity contribution is -0.121. The molecule has 0 unspecified atom stereocenters. The van der Waals surface area contributed by atoms with E-state index in [1.807, 2.05) is 0 Å². The number of rotatable bonds is 4. The van der Waals surface area contributed by atoms with Crippen molar-refractivity contribution >= 4 is 11.9 Å². The summed E-state index contributed by atoms with van der Waals surface area (Å²) < 4.78 is 0. The summed E-state index contributed by atoms with van der Waals surface area (Å²) >= 11 is 0. The normalized spacial score (nSPS) is 21.7. The fourth-order valence-electron chi connectivity index (χ4n) is 3.75. The molecule has 0 aromatic heterocycles. The number of aryl methyl sites for hydroxylation is 1. The Balaban J connectivity index is 1.41. The largest absolute Gasteiger partial charge is 0.354 e. The Labute approximate surface area is 149 Å². The smallest absolute Gasteiger partial charge is 0.317 e. The van der Waals surface area contributed by atoms with Gasteiger partial charge in [0.25, 0.3) is 0 Å². The standard InChI is InChI=1S/C19H28N4O2/c1-15-5-2-3-6-17(15)16-7-11-22(13-16)12-9-21-19(25)23-10-4-8-20-18(24)14-23/h2-3,5-6,16H,4,7-14H2,1H3,(H,20,24)(H,21,25)/t16-/m0/s1. The molecule has 0 saturated carbocycles. The van der Waals surface area contributed by atoms with Crippen LogP contribution in [0.2, 0.25) is 0 Å². The zero-order valence-corrected chi connectivity index (χ0v) is 15.0.